The average molecular weight is 338 g/mol. The van der Waals surface area contributed by atoms with Gasteiger partial charge in [0.25, 0.3) is 5.91 Å². The van der Waals surface area contributed by atoms with Crippen molar-refractivity contribution in [3.05, 3.63) is 47.0 Å². The van der Waals surface area contributed by atoms with Crippen LogP contribution in [0, 0.1) is 0 Å². The predicted octanol–water partition coefficient (Wildman–Crippen LogP) is 2.15. The molecule has 0 aromatic carbocycles. The fourth-order valence-corrected chi connectivity index (χ4v) is 1.74. The van der Waals surface area contributed by atoms with E-state index in [1.54, 1.807) is 30.5 Å². The quantitative estimate of drug-likeness (QED) is 0.927. The number of likely N-dealkylation sites (N-methyl/N-ethyl adjacent to an activating group) is 1. The molecule has 0 atom stereocenters. The van der Waals surface area contributed by atoms with Crippen LogP contribution in [0.1, 0.15) is 10.6 Å². The monoisotopic (exact) mass is 337 g/mol. The van der Waals surface area contributed by atoms with E-state index in [1.165, 1.54) is 18.2 Å². The summed E-state index contributed by atoms with van der Waals surface area (Å²) in [6.45, 7) is -0.0860. The Morgan fingerprint density at radius 1 is 1.40 bits per heavy atom. The Labute approximate surface area is 123 Å². The minimum atomic E-state index is -0.353. The molecule has 2 rings (SSSR count). The van der Waals surface area contributed by atoms with E-state index in [-0.39, 0.29) is 24.1 Å². The van der Waals surface area contributed by atoms with Crippen LogP contribution in [-0.4, -0.2) is 35.3 Å². The minimum Gasteiger partial charge on any atom is -0.459 e. The normalized spacial score (nSPS) is 10.1. The largest absolute Gasteiger partial charge is 0.459 e. The molecule has 0 aliphatic carbocycles. The van der Waals surface area contributed by atoms with Gasteiger partial charge >= 0.3 is 0 Å². The second-order valence-electron chi connectivity index (χ2n) is 4.05. The van der Waals surface area contributed by atoms with Crippen molar-refractivity contribution < 1.29 is 14.0 Å². The second kappa shape index (κ2) is 6.33. The first kappa shape index (κ1) is 14.3. The number of hydrogen-bond donors (Lipinski definition) is 1. The Bertz CT molecular complexity index is 596. The van der Waals surface area contributed by atoms with E-state index in [9.17, 15) is 9.59 Å². The number of pyridine rings is 1. The molecule has 2 amide bonds. The third-order valence-electron chi connectivity index (χ3n) is 2.45. The molecular weight excluding hydrogens is 326 g/mol. The maximum atomic E-state index is 11.9. The van der Waals surface area contributed by atoms with Crippen molar-refractivity contribution >= 4 is 33.6 Å². The summed E-state index contributed by atoms with van der Waals surface area (Å²) in [7, 11) is 1.53. The fraction of sp³-hybridized carbons (Fsp3) is 0.154. The highest BCUT2D eigenvalue weighted by Crippen LogP contribution is 2.10. The zero-order valence-electron chi connectivity index (χ0n) is 10.7. The molecule has 2 heterocycles. The van der Waals surface area contributed by atoms with Crippen molar-refractivity contribution in [2.45, 2.75) is 0 Å². The molecule has 0 radical (unpaired) electrons. The molecule has 0 unspecified atom stereocenters. The van der Waals surface area contributed by atoms with Gasteiger partial charge in [0.1, 0.15) is 12.4 Å². The van der Waals surface area contributed by atoms with Crippen LogP contribution in [-0.2, 0) is 4.79 Å². The molecular formula is C13H12BrN3O3. The Kier molecular flexibility index (Phi) is 4.52. The summed E-state index contributed by atoms with van der Waals surface area (Å²) in [5.74, 6) is -0.0599. The van der Waals surface area contributed by atoms with E-state index in [2.05, 4.69) is 26.2 Å². The summed E-state index contributed by atoms with van der Waals surface area (Å²) in [5.41, 5.74) is 0. The molecule has 0 bridgehead atoms. The van der Waals surface area contributed by atoms with E-state index in [1.807, 2.05) is 0 Å². The standard InChI is InChI=1S/C13H12BrN3O3/c1-17(13(19)10-3-2-6-20-10)8-12(18)16-11-5-4-9(14)7-15-11/h2-7H,8H2,1H3,(H,15,16,18). The van der Waals surface area contributed by atoms with Gasteiger partial charge in [-0.25, -0.2) is 4.98 Å². The molecule has 0 spiro atoms. The number of amides is 2. The van der Waals surface area contributed by atoms with Crippen LogP contribution >= 0.6 is 15.9 Å². The number of anilines is 1. The first-order valence-corrected chi connectivity index (χ1v) is 6.56. The molecule has 0 aliphatic heterocycles. The molecule has 1 N–H and O–H groups in total. The lowest BCUT2D eigenvalue weighted by Crippen LogP contribution is -2.34. The molecule has 2 aromatic heterocycles. The number of carbonyl (C=O) groups is 2. The Morgan fingerprint density at radius 2 is 2.20 bits per heavy atom. The van der Waals surface area contributed by atoms with Gasteiger partial charge < -0.3 is 14.6 Å². The van der Waals surface area contributed by atoms with Crippen molar-refractivity contribution in [3.8, 4) is 0 Å². The Hall–Kier alpha value is -2.15. The highest BCUT2D eigenvalue weighted by molar-refractivity contribution is 9.10. The first-order valence-electron chi connectivity index (χ1n) is 5.76. The van der Waals surface area contributed by atoms with Crippen LogP contribution in [0.15, 0.2) is 45.6 Å². The summed E-state index contributed by atoms with van der Waals surface area (Å²) >= 11 is 3.25. The zero-order chi connectivity index (χ0) is 14.5. The highest BCUT2D eigenvalue weighted by Gasteiger charge is 2.17. The summed E-state index contributed by atoms with van der Waals surface area (Å²) in [4.78, 5) is 29.0. The highest BCUT2D eigenvalue weighted by atomic mass is 79.9. The lowest BCUT2D eigenvalue weighted by molar-refractivity contribution is -0.116. The molecule has 7 heteroatoms. The number of rotatable bonds is 4. The van der Waals surface area contributed by atoms with Crippen LogP contribution < -0.4 is 5.32 Å². The van der Waals surface area contributed by atoms with Gasteiger partial charge in [-0.15, -0.1) is 0 Å². The van der Waals surface area contributed by atoms with Crippen molar-refractivity contribution in [2.75, 3.05) is 18.9 Å². The number of nitrogens with one attached hydrogen (secondary N) is 1. The molecule has 20 heavy (non-hydrogen) atoms. The van der Waals surface area contributed by atoms with Gasteiger partial charge in [-0.1, -0.05) is 0 Å². The van der Waals surface area contributed by atoms with Crippen LogP contribution in [0.3, 0.4) is 0 Å². The third kappa shape index (κ3) is 3.67. The number of halogens is 1. The number of furan rings is 1. The topological polar surface area (TPSA) is 75.4 Å². The maximum absolute atomic E-state index is 11.9. The number of aromatic nitrogens is 1. The first-order chi connectivity index (χ1) is 9.56. The van der Waals surface area contributed by atoms with E-state index >= 15 is 0 Å². The lowest BCUT2D eigenvalue weighted by atomic mass is 10.4. The number of hydrogen-bond acceptors (Lipinski definition) is 4. The summed E-state index contributed by atoms with van der Waals surface area (Å²) in [6, 6.07) is 6.59. The van der Waals surface area contributed by atoms with Gasteiger partial charge in [-0.2, -0.15) is 0 Å². The van der Waals surface area contributed by atoms with Crippen molar-refractivity contribution in [2.24, 2.45) is 0 Å². The van der Waals surface area contributed by atoms with Crippen molar-refractivity contribution in [1.29, 1.82) is 0 Å². The third-order valence-corrected chi connectivity index (χ3v) is 2.92. The van der Waals surface area contributed by atoms with Crippen LogP contribution in [0.4, 0.5) is 5.82 Å². The molecule has 0 saturated carbocycles. The van der Waals surface area contributed by atoms with Gasteiger partial charge in [-0.3, -0.25) is 9.59 Å². The average Bonchev–Trinajstić information content (AvgIpc) is 2.94. The van der Waals surface area contributed by atoms with Crippen molar-refractivity contribution in [3.63, 3.8) is 0 Å². The molecule has 0 fully saturated rings. The Morgan fingerprint density at radius 3 is 2.80 bits per heavy atom. The summed E-state index contributed by atoms with van der Waals surface area (Å²) < 4.78 is 5.81. The van der Waals surface area contributed by atoms with E-state index in [0.717, 1.165) is 4.47 Å². The smallest absolute Gasteiger partial charge is 0.289 e. The van der Waals surface area contributed by atoms with Gasteiger partial charge in [0.05, 0.1) is 6.26 Å². The van der Waals surface area contributed by atoms with Gasteiger partial charge in [0.2, 0.25) is 5.91 Å². The van der Waals surface area contributed by atoms with Crippen molar-refractivity contribution in [1.82, 2.24) is 9.88 Å². The van der Waals surface area contributed by atoms with E-state index < -0.39 is 0 Å². The fourth-order valence-electron chi connectivity index (χ4n) is 1.51. The van der Waals surface area contributed by atoms with Gasteiger partial charge in [-0.05, 0) is 40.2 Å². The SMILES string of the molecule is CN(CC(=O)Nc1ccc(Br)cn1)C(=O)c1ccco1. The number of carbonyl (C=O) groups excluding carboxylic acids is 2. The molecule has 0 aliphatic rings. The van der Waals surface area contributed by atoms with Crippen LogP contribution in [0.25, 0.3) is 0 Å². The summed E-state index contributed by atoms with van der Waals surface area (Å²) in [5, 5.41) is 2.60. The predicted molar refractivity (Wildman–Crippen MR) is 76.2 cm³/mol. The summed E-state index contributed by atoms with van der Waals surface area (Å²) in [6.07, 6.45) is 2.99. The lowest BCUT2D eigenvalue weighted by Gasteiger charge is -2.15. The van der Waals surface area contributed by atoms with Crippen LogP contribution in [0.5, 0.6) is 0 Å². The molecule has 104 valence electrons. The number of nitrogens with zero attached hydrogens (tertiary/aromatic N) is 2. The molecule has 0 saturated heterocycles. The maximum Gasteiger partial charge on any atom is 0.289 e. The zero-order valence-corrected chi connectivity index (χ0v) is 12.3. The van der Waals surface area contributed by atoms with E-state index in [0.29, 0.717) is 5.82 Å². The molecule has 2 aromatic rings. The van der Waals surface area contributed by atoms with Gasteiger partial charge in [0, 0.05) is 17.7 Å². The Balaban J connectivity index is 1.91. The van der Waals surface area contributed by atoms with E-state index in [4.69, 9.17) is 4.42 Å². The van der Waals surface area contributed by atoms with Crippen LogP contribution in [0.2, 0.25) is 0 Å². The van der Waals surface area contributed by atoms with Gasteiger partial charge in [0.15, 0.2) is 5.76 Å². The molecule has 6 nitrogen and oxygen atoms in total. The minimum absolute atomic E-state index is 0.0860. The second-order valence-corrected chi connectivity index (χ2v) is 4.96.